The highest BCUT2D eigenvalue weighted by Gasteiger charge is 2.03. The molecule has 1 rings (SSSR count). The van der Waals surface area contributed by atoms with Gasteiger partial charge in [-0.3, -0.25) is 0 Å². The van der Waals surface area contributed by atoms with E-state index in [9.17, 15) is 4.79 Å². The van der Waals surface area contributed by atoms with E-state index in [2.05, 4.69) is 26.6 Å². The number of carbonyl (C=O) groups is 1. The lowest BCUT2D eigenvalue weighted by Gasteiger charge is -2.10. The third kappa shape index (κ3) is 5.51. The maximum Gasteiger partial charge on any atom is 0.319 e. The molecular weight excluding hydrogens is 296 g/mol. The summed E-state index contributed by atoms with van der Waals surface area (Å²) >= 11 is 3.39. The fraction of sp³-hybridized carbons (Fsp3) is 0.462. The van der Waals surface area contributed by atoms with E-state index in [0.717, 1.165) is 22.1 Å². The molecule has 18 heavy (non-hydrogen) atoms. The third-order valence-electron chi connectivity index (χ3n) is 2.39. The first-order valence-corrected chi connectivity index (χ1v) is 6.81. The Morgan fingerprint density at radius 3 is 2.89 bits per heavy atom. The number of hydrogen-bond acceptors (Lipinski definition) is 2. The summed E-state index contributed by atoms with van der Waals surface area (Å²) in [6.45, 7) is 5.91. The highest BCUT2D eigenvalue weighted by atomic mass is 79.9. The molecule has 0 aliphatic heterocycles. The molecule has 1 aromatic carbocycles. The van der Waals surface area contributed by atoms with Crippen molar-refractivity contribution in [3.63, 3.8) is 0 Å². The molecule has 0 aromatic heterocycles. The number of amides is 2. The van der Waals surface area contributed by atoms with Gasteiger partial charge in [0.15, 0.2) is 0 Å². The molecule has 2 amide bonds. The van der Waals surface area contributed by atoms with Gasteiger partial charge in [-0.2, -0.15) is 0 Å². The van der Waals surface area contributed by atoms with Gasteiger partial charge < -0.3 is 15.4 Å². The van der Waals surface area contributed by atoms with E-state index in [1.54, 1.807) is 0 Å². The summed E-state index contributed by atoms with van der Waals surface area (Å²) in [6.07, 6.45) is 0.820. The van der Waals surface area contributed by atoms with Crippen LogP contribution in [0.4, 0.5) is 10.5 Å². The summed E-state index contributed by atoms with van der Waals surface area (Å²) in [7, 11) is 0. The highest BCUT2D eigenvalue weighted by molar-refractivity contribution is 9.10. The second-order valence-electron chi connectivity index (χ2n) is 3.89. The number of benzene rings is 1. The van der Waals surface area contributed by atoms with Gasteiger partial charge in [0.05, 0.1) is 0 Å². The molecule has 0 fully saturated rings. The molecule has 4 nitrogen and oxygen atoms in total. The predicted molar refractivity (Wildman–Crippen MR) is 77.0 cm³/mol. The van der Waals surface area contributed by atoms with E-state index < -0.39 is 0 Å². The number of urea groups is 1. The Bertz CT molecular complexity index is 397. The maximum atomic E-state index is 11.6. The van der Waals surface area contributed by atoms with E-state index in [1.807, 2.05) is 32.0 Å². The van der Waals surface area contributed by atoms with Crippen LogP contribution in [0.2, 0.25) is 0 Å². The van der Waals surface area contributed by atoms with Crippen LogP contribution in [0, 0.1) is 6.92 Å². The van der Waals surface area contributed by atoms with Crippen molar-refractivity contribution in [3.05, 3.63) is 28.2 Å². The number of rotatable bonds is 6. The van der Waals surface area contributed by atoms with Crippen molar-refractivity contribution in [3.8, 4) is 0 Å². The normalized spacial score (nSPS) is 10.2. The van der Waals surface area contributed by atoms with Gasteiger partial charge in [0, 0.05) is 29.9 Å². The topological polar surface area (TPSA) is 50.4 Å². The van der Waals surface area contributed by atoms with Gasteiger partial charge in [0.2, 0.25) is 0 Å². The van der Waals surface area contributed by atoms with Crippen LogP contribution in [0.1, 0.15) is 18.9 Å². The quantitative estimate of drug-likeness (QED) is 0.791. The molecule has 0 saturated carbocycles. The van der Waals surface area contributed by atoms with Crippen molar-refractivity contribution in [2.45, 2.75) is 20.3 Å². The Kier molecular flexibility index (Phi) is 6.75. The van der Waals surface area contributed by atoms with E-state index in [4.69, 9.17) is 4.74 Å². The molecule has 0 aliphatic rings. The van der Waals surface area contributed by atoms with Crippen LogP contribution in [-0.2, 0) is 4.74 Å². The van der Waals surface area contributed by atoms with E-state index in [0.29, 0.717) is 19.8 Å². The molecule has 1 aromatic rings. The van der Waals surface area contributed by atoms with Gasteiger partial charge >= 0.3 is 6.03 Å². The summed E-state index contributed by atoms with van der Waals surface area (Å²) in [4.78, 5) is 11.6. The first-order valence-electron chi connectivity index (χ1n) is 6.02. The number of ether oxygens (including phenoxy) is 1. The second kappa shape index (κ2) is 8.11. The van der Waals surface area contributed by atoms with Crippen molar-refractivity contribution >= 4 is 27.6 Å². The van der Waals surface area contributed by atoms with Crippen molar-refractivity contribution < 1.29 is 9.53 Å². The number of carbonyl (C=O) groups excluding carboxylic acids is 1. The minimum atomic E-state index is -0.183. The molecule has 5 heteroatoms. The lowest BCUT2D eigenvalue weighted by Crippen LogP contribution is -2.30. The van der Waals surface area contributed by atoms with Gasteiger partial charge in [0.1, 0.15) is 0 Å². The summed E-state index contributed by atoms with van der Waals surface area (Å²) in [5.41, 5.74) is 1.84. The number of aryl methyl sites for hydroxylation is 1. The van der Waals surface area contributed by atoms with E-state index >= 15 is 0 Å². The third-order valence-corrected chi connectivity index (χ3v) is 2.89. The smallest absolute Gasteiger partial charge is 0.319 e. The minimum Gasteiger partial charge on any atom is -0.382 e. The van der Waals surface area contributed by atoms with E-state index in [1.165, 1.54) is 0 Å². The van der Waals surface area contributed by atoms with Crippen LogP contribution in [-0.4, -0.2) is 25.8 Å². The zero-order valence-corrected chi connectivity index (χ0v) is 12.3. The van der Waals surface area contributed by atoms with Crippen LogP contribution in [0.25, 0.3) is 0 Å². The molecule has 0 aliphatic carbocycles. The fourth-order valence-electron chi connectivity index (χ4n) is 1.45. The molecular formula is C13H19BrN2O2. The molecule has 100 valence electrons. The van der Waals surface area contributed by atoms with Gasteiger partial charge in [-0.05, 0) is 44.0 Å². The van der Waals surface area contributed by atoms with Crippen LogP contribution in [0.15, 0.2) is 22.7 Å². The molecule has 0 bridgehead atoms. The summed E-state index contributed by atoms with van der Waals surface area (Å²) < 4.78 is 6.19. The largest absolute Gasteiger partial charge is 0.382 e. The molecule has 0 radical (unpaired) electrons. The first kappa shape index (κ1) is 15.0. The van der Waals surface area contributed by atoms with Crippen molar-refractivity contribution in [1.29, 1.82) is 0 Å². The lowest BCUT2D eigenvalue weighted by atomic mass is 10.2. The second-order valence-corrected chi connectivity index (χ2v) is 4.81. The zero-order chi connectivity index (χ0) is 13.4. The van der Waals surface area contributed by atoms with Crippen molar-refractivity contribution in [1.82, 2.24) is 5.32 Å². The zero-order valence-electron chi connectivity index (χ0n) is 10.8. The maximum absolute atomic E-state index is 11.6. The molecule has 2 N–H and O–H groups in total. The molecule has 0 unspecified atom stereocenters. The monoisotopic (exact) mass is 314 g/mol. The molecule has 0 atom stereocenters. The molecule has 0 spiro atoms. The summed E-state index contributed by atoms with van der Waals surface area (Å²) in [5, 5.41) is 5.61. The number of nitrogens with one attached hydrogen (secondary N) is 2. The standard InChI is InChI=1S/C13H19BrN2O2/c1-3-18-8-4-7-15-13(17)16-12-6-5-11(14)9-10(12)2/h5-6,9H,3-4,7-8H2,1-2H3,(H2,15,16,17). The Hall–Kier alpha value is -1.07. The SMILES string of the molecule is CCOCCCNC(=O)Nc1ccc(Br)cc1C. The number of halogens is 1. The Morgan fingerprint density at radius 2 is 2.22 bits per heavy atom. The van der Waals surface area contributed by atoms with Crippen LogP contribution < -0.4 is 10.6 Å². The van der Waals surface area contributed by atoms with Crippen molar-refractivity contribution in [2.24, 2.45) is 0 Å². The first-order chi connectivity index (χ1) is 8.63. The lowest BCUT2D eigenvalue weighted by molar-refractivity contribution is 0.145. The summed E-state index contributed by atoms with van der Waals surface area (Å²) in [5.74, 6) is 0. The Morgan fingerprint density at radius 1 is 1.44 bits per heavy atom. The molecule has 0 saturated heterocycles. The van der Waals surface area contributed by atoms with Gasteiger partial charge in [-0.1, -0.05) is 15.9 Å². The average molecular weight is 315 g/mol. The predicted octanol–water partition coefficient (Wildman–Crippen LogP) is 3.31. The Balaban J connectivity index is 2.31. The highest BCUT2D eigenvalue weighted by Crippen LogP contribution is 2.19. The van der Waals surface area contributed by atoms with E-state index in [-0.39, 0.29) is 6.03 Å². The van der Waals surface area contributed by atoms with Crippen LogP contribution in [0.5, 0.6) is 0 Å². The van der Waals surface area contributed by atoms with Crippen molar-refractivity contribution in [2.75, 3.05) is 25.1 Å². The summed E-state index contributed by atoms with van der Waals surface area (Å²) in [6, 6.07) is 5.55. The van der Waals surface area contributed by atoms with Crippen LogP contribution in [0.3, 0.4) is 0 Å². The van der Waals surface area contributed by atoms with Crippen LogP contribution >= 0.6 is 15.9 Å². The van der Waals surface area contributed by atoms with Gasteiger partial charge in [-0.15, -0.1) is 0 Å². The van der Waals surface area contributed by atoms with Gasteiger partial charge in [-0.25, -0.2) is 4.79 Å². The number of anilines is 1. The minimum absolute atomic E-state index is 0.183. The fourth-order valence-corrected chi connectivity index (χ4v) is 1.93. The number of hydrogen-bond donors (Lipinski definition) is 2. The molecule has 0 heterocycles. The average Bonchev–Trinajstić information content (AvgIpc) is 2.32. The Labute approximate surface area is 116 Å². The van der Waals surface area contributed by atoms with Gasteiger partial charge in [0.25, 0.3) is 0 Å².